The van der Waals surface area contributed by atoms with Crippen LogP contribution in [0.25, 0.3) is 0 Å². The number of hydrogen-bond acceptors (Lipinski definition) is 4. The molecule has 0 amide bonds. The standard InChI is InChI=1S/C17H28ClN3O3.HI/c1-19-17(20-8-4-10-24-12-11-22-2)21-9-7-14-5-6-15(23-3)13-16(14)18;/h5-6,13H,4,7-12H2,1-3H3,(H2,19,20,21);1H. The Labute approximate surface area is 172 Å². The third kappa shape index (κ3) is 10.7. The van der Waals surface area contributed by atoms with E-state index in [1.165, 1.54) is 0 Å². The van der Waals surface area contributed by atoms with Crippen LogP contribution in [0.1, 0.15) is 12.0 Å². The number of ether oxygens (including phenoxy) is 3. The molecule has 0 saturated heterocycles. The zero-order valence-corrected chi connectivity index (χ0v) is 18.2. The van der Waals surface area contributed by atoms with Gasteiger partial charge >= 0.3 is 0 Å². The maximum Gasteiger partial charge on any atom is 0.190 e. The molecular formula is C17H29ClIN3O3. The van der Waals surface area contributed by atoms with E-state index < -0.39 is 0 Å². The van der Waals surface area contributed by atoms with Crippen LogP contribution >= 0.6 is 35.6 Å². The third-order valence-corrected chi connectivity index (χ3v) is 3.71. The van der Waals surface area contributed by atoms with E-state index in [2.05, 4.69) is 15.6 Å². The number of hydrogen-bond donors (Lipinski definition) is 2. The predicted octanol–water partition coefficient (Wildman–Crippen LogP) is 2.73. The van der Waals surface area contributed by atoms with E-state index in [9.17, 15) is 0 Å². The second kappa shape index (κ2) is 15.5. The lowest BCUT2D eigenvalue weighted by atomic mass is 10.1. The second-order valence-electron chi connectivity index (χ2n) is 5.09. The molecular weight excluding hydrogens is 457 g/mol. The molecule has 1 rings (SSSR count). The first-order valence-electron chi connectivity index (χ1n) is 8.05. The molecule has 0 bridgehead atoms. The van der Waals surface area contributed by atoms with Crippen molar-refractivity contribution in [1.82, 2.24) is 10.6 Å². The number of nitrogens with zero attached hydrogens (tertiary/aromatic N) is 1. The van der Waals surface area contributed by atoms with Gasteiger partial charge < -0.3 is 24.8 Å². The summed E-state index contributed by atoms with van der Waals surface area (Å²) in [5.41, 5.74) is 1.08. The van der Waals surface area contributed by atoms with Gasteiger partial charge in [-0.25, -0.2) is 0 Å². The van der Waals surface area contributed by atoms with Gasteiger partial charge in [0, 0.05) is 38.9 Å². The first-order valence-corrected chi connectivity index (χ1v) is 8.42. The van der Waals surface area contributed by atoms with Gasteiger partial charge in [0.1, 0.15) is 5.75 Å². The van der Waals surface area contributed by atoms with Crippen LogP contribution < -0.4 is 15.4 Å². The molecule has 8 heteroatoms. The lowest BCUT2D eigenvalue weighted by Crippen LogP contribution is -2.39. The van der Waals surface area contributed by atoms with E-state index in [0.29, 0.717) is 24.8 Å². The SMILES string of the molecule is CN=C(NCCCOCCOC)NCCc1ccc(OC)cc1Cl.I. The van der Waals surface area contributed by atoms with Gasteiger partial charge in [0.15, 0.2) is 5.96 Å². The quantitative estimate of drug-likeness (QED) is 0.218. The highest BCUT2D eigenvalue weighted by atomic mass is 127. The number of rotatable bonds is 11. The molecule has 0 aromatic heterocycles. The summed E-state index contributed by atoms with van der Waals surface area (Å²) < 4.78 is 15.5. The summed E-state index contributed by atoms with van der Waals surface area (Å²) in [6.07, 6.45) is 1.72. The van der Waals surface area contributed by atoms with Crippen molar-refractivity contribution in [2.24, 2.45) is 4.99 Å². The molecule has 1 aromatic rings. The van der Waals surface area contributed by atoms with E-state index in [-0.39, 0.29) is 24.0 Å². The number of nitrogens with one attached hydrogen (secondary N) is 2. The molecule has 0 heterocycles. The maximum atomic E-state index is 6.24. The summed E-state index contributed by atoms with van der Waals surface area (Å²) in [5.74, 6) is 1.54. The summed E-state index contributed by atoms with van der Waals surface area (Å²) in [7, 11) is 5.05. The Morgan fingerprint density at radius 2 is 1.88 bits per heavy atom. The van der Waals surface area contributed by atoms with Gasteiger partial charge in [-0.2, -0.15) is 0 Å². The Kier molecular flexibility index (Phi) is 15.0. The van der Waals surface area contributed by atoms with E-state index in [1.807, 2.05) is 18.2 Å². The molecule has 6 nitrogen and oxygen atoms in total. The average molecular weight is 486 g/mol. The van der Waals surface area contributed by atoms with E-state index in [4.69, 9.17) is 25.8 Å². The van der Waals surface area contributed by atoms with Gasteiger partial charge in [-0.3, -0.25) is 4.99 Å². The van der Waals surface area contributed by atoms with Crippen LogP contribution in [-0.4, -0.2) is 60.1 Å². The Balaban J connectivity index is 0.00000576. The van der Waals surface area contributed by atoms with Crippen LogP contribution in [-0.2, 0) is 15.9 Å². The van der Waals surface area contributed by atoms with Crippen molar-refractivity contribution in [1.29, 1.82) is 0 Å². The van der Waals surface area contributed by atoms with Crippen LogP contribution in [0.4, 0.5) is 0 Å². The number of methoxy groups -OCH3 is 2. The predicted molar refractivity (Wildman–Crippen MR) is 114 cm³/mol. The van der Waals surface area contributed by atoms with Crippen LogP contribution in [0, 0.1) is 0 Å². The topological polar surface area (TPSA) is 64.1 Å². The first-order chi connectivity index (χ1) is 11.7. The van der Waals surface area contributed by atoms with Crippen molar-refractivity contribution in [2.45, 2.75) is 12.8 Å². The van der Waals surface area contributed by atoms with Gasteiger partial charge in [0.05, 0.1) is 20.3 Å². The van der Waals surface area contributed by atoms with Crippen LogP contribution in [0.3, 0.4) is 0 Å². The second-order valence-corrected chi connectivity index (χ2v) is 5.50. The Hall–Kier alpha value is -0.770. The molecule has 0 fully saturated rings. The largest absolute Gasteiger partial charge is 0.497 e. The Bertz CT molecular complexity index is 504. The third-order valence-electron chi connectivity index (χ3n) is 3.36. The normalized spacial score (nSPS) is 11.0. The van der Waals surface area contributed by atoms with E-state index >= 15 is 0 Å². The highest BCUT2D eigenvalue weighted by Crippen LogP contribution is 2.22. The molecule has 1 aromatic carbocycles. The lowest BCUT2D eigenvalue weighted by Gasteiger charge is -2.12. The van der Waals surface area contributed by atoms with Crippen LogP contribution in [0.15, 0.2) is 23.2 Å². The Morgan fingerprint density at radius 1 is 1.12 bits per heavy atom. The molecule has 0 aliphatic carbocycles. The fourth-order valence-electron chi connectivity index (χ4n) is 2.02. The zero-order chi connectivity index (χ0) is 17.6. The summed E-state index contributed by atoms with van der Waals surface area (Å²) in [4.78, 5) is 4.20. The minimum atomic E-state index is 0. The molecule has 0 radical (unpaired) electrons. The number of benzene rings is 1. The first kappa shape index (κ1) is 24.2. The molecule has 144 valence electrons. The average Bonchev–Trinajstić information content (AvgIpc) is 2.60. The van der Waals surface area contributed by atoms with Crippen molar-refractivity contribution < 1.29 is 14.2 Å². The monoisotopic (exact) mass is 485 g/mol. The fourth-order valence-corrected chi connectivity index (χ4v) is 2.28. The number of guanidine groups is 1. The molecule has 0 spiro atoms. The molecule has 0 saturated carbocycles. The van der Waals surface area contributed by atoms with Gasteiger partial charge in [0.2, 0.25) is 0 Å². The van der Waals surface area contributed by atoms with E-state index in [1.54, 1.807) is 21.3 Å². The van der Waals surface area contributed by atoms with Gasteiger partial charge in [-0.1, -0.05) is 17.7 Å². The van der Waals surface area contributed by atoms with E-state index in [0.717, 1.165) is 43.2 Å². The smallest absolute Gasteiger partial charge is 0.190 e. The van der Waals surface area contributed by atoms with Crippen molar-refractivity contribution in [3.8, 4) is 5.75 Å². The molecule has 0 aliphatic heterocycles. The zero-order valence-electron chi connectivity index (χ0n) is 15.1. The van der Waals surface area contributed by atoms with Crippen molar-refractivity contribution in [3.05, 3.63) is 28.8 Å². The highest BCUT2D eigenvalue weighted by Gasteiger charge is 2.03. The Morgan fingerprint density at radius 3 is 2.52 bits per heavy atom. The minimum Gasteiger partial charge on any atom is -0.497 e. The molecule has 25 heavy (non-hydrogen) atoms. The van der Waals surface area contributed by atoms with Crippen molar-refractivity contribution >= 4 is 41.5 Å². The highest BCUT2D eigenvalue weighted by molar-refractivity contribution is 14.0. The number of halogens is 2. The summed E-state index contributed by atoms with van der Waals surface area (Å²) in [6.45, 7) is 3.51. The summed E-state index contributed by atoms with van der Waals surface area (Å²) in [5, 5.41) is 7.24. The van der Waals surface area contributed by atoms with Gasteiger partial charge in [-0.15, -0.1) is 24.0 Å². The van der Waals surface area contributed by atoms with Gasteiger partial charge in [0.25, 0.3) is 0 Å². The van der Waals surface area contributed by atoms with Crippen LogP contribution in [0.2, 0.25) is 5.02 Å². The molecule has 0 aliphatic rings. The summed E-state index contributed by atoms with van der Waals surface area (Å²) >= 11 is 6.24. The van der Waals surface area contributed by atoms with Crippen LogP contribution in [0.5, 0.6) is 5.75 Å². The summed E-state index contributed by atoms with van der Waals surface area (Å²) in [6, 6.07) is 5.72. The maximum absolute atomic E-state index is 6.24. The molecule has 0 unspecified atom stereocenters. The fraction of sp³-hybridized carbons (Fsp3) is 0.588. The minimum absolute atomic E-state index is 0. The number of aliphatic imine (C=N–C) groups is 1. The molecule has 0 atom stereocenters. The van der Waals surface area contributed by atoms with Crippen molar-refractivity contribution in [3.63, 3.8) is 0 Å². The van der Waals surface area contributed by atoms with Gasteiger partial charge in [-0.05, 0) is 30.5 Å². The lowest BCUT2D eigenvalue weighted by molar-refractivity contribution is 0.0698. The molecule has 2 N–H and O–H groups in total. The van der Waals surface area contributed by atoms with Crippen molar-refractivity contribution in [2.75, 3.05) is 54.2 Å².